The number of rotatable bonds is 6. The van der Waals surface area contributed by atoms with Crippen LogP contribution in [0.1, 0.15) is 15.9 Å². The first kappa shape index (κ1) is 19.9. The van der Waals surface area contributed by atoms with Crippen LogP contribution in [0.15, 0.2) is 53.4 Å². The molecule has 0 fully saturated rings. The SMILES string of the molecule is CN(Cc1ccc(N(C)C)cc1)C(=O)c1ccc(S(=O)(=O)N(C)C)cc1. The van der Waals surface area contributed by atoms with Crippen molar-refractivity contribution in [3.8, 4) is 0 Å². The lowest BCUT2D eigenvalue weighted by Gasteiger charge is -2.19. The van der Waals surface area contributed by atoms with Gasteiger partial charge in [0, 0.05) is 53.0 Å². The molecule has 0 spiro atoms. The topological polar surface area (TPSA) is 60.9 Å². The lowest BCUT2D eigenvalue weighted by Crippen LogP contribution is -2.26. The normalized spacial score (nSPS) is 11.5. The summed E-state index contributed by atoms with van der Waals surface area (Å²) in [5.74, 6) is -0.157. The highest BCUT2D eigenvalue weighted by molar-refractivity contribution is 7.89. The molecule has 0 aliphatic carbocycles. The predicted molar refractivity (Wildman–Crippen MR) is 104 cm³/mol. The van der Waals surface area contributed by atoms with E-state index >= 15 is 0 Å². The maximum Gasteiger partial charge on any atom is 0.253 e. The molecule has 7 heteroatoms. The van der Waals surface area contributed by atoms with Crippen molar-refractivity contribution in [3.05, 3.63) is 59.7 Å². The van der Waals surface area contributed by atoms with Crippen LogP contribution in [-0.4, -0.2) is 58.8 Å². The molecule has 0 atom stereocenters. The summed E-state index contributed by atoms with van der Waals surface area (Å²) in [5.41, 5.74) is 2.58. The summed E-state index contributed by atoms with van der Waals surface area (Å²) in [6, 6.07) is 14.0. The first-order valence-electron chi connectivity index (χ1n) is 8.17. The Kier molecular flexibility index (Phi) is 6.05. The van der Waals surface area contributed by atoms with Crippen molar-refractivity contribution in [3.63, 3.8) is 0 Å². The van der Waals surface area contributed by atoms with Crippen LogP contribution in [0.2, 0.25) is 0 Å². The average molecular weight is 375 g/mol. The fourth-order valence-corrected chi connectivity index (χ4v) is 3.35. The van der Waals surface area contributed by atoms with E-state index < -0.39 is 10.0 Å². The molecule has 6 nitrogen and oxygen atoms in total. The van der Waals surface area contributed by atoms with Gasteiger partial charge in [-0.3, -0.25) is 4.79 Å². The summed E-state index contributed by atoms with van der Waals surface area (Å²) in [6.07, 6.45) is 0. The third-order valence-corrected chi connectivity index (χ3v) is 5.93. The van der Waals surface area contributed by atoms with Crippen LogP contribution in [0.4, 0.5) is 5.69 Å². The fourth-order valence-electron chi connectivity index (χ4n) is 2.45. The molecule has 0 aliphatic heterocycles. The van der Waals surface area contributed by atoms with Crippen molar-refractivity contribution in [2.45, 2.75) is 11.4 Å². The lowest BCUT2D eigenvalue weighted by atomic mass is 10.1. The number of amides is 1. The maximum absolute atomic E-state index is 12.6. The third kappa shape index (κ3) is 4.42. The number of nitrogens with zero attached hydrogens (tertiary/aromatic N) is 3. The summed E-state index contributed by atoms with van der Waals surface area (Å²) in [7, 11) is 5.14. The third-order valence-electron chi connectivity index (χ3n) is 4.10. The second-order valence-corrected chi connectivity index (χ2v) is 8.69. The van der Waals surface area contributed by atoms with Gasteiger partial charge in [0.2, 0.25) is 10.0 Å². The summed E-state index contributed by atoms with van der Waals surface area (Å²) < 4.78 is 25.3. The average Bonchev–Trinajstić information content (AvgIpc) is 2.61. The lowest BCUT2D eigenvalue weighted by molar-refractivity contribution is 0.0785. The van der Waals surface area contributed by atoms with Gasteiger partial charge in [0.25, 0.3) is 5.91 Å². The predicted octanol–water partition coefficient (Wildman–Crippen LogP) is 2.28. The van der Waals surface area contributed by atoms with Gasteiger partial charge in [-0.1, -0.05) is 12.1 Å². The van der Waals surface area contributed by atoms with Gasteiger partial charge >= 0.3 is 0 Å². The molecule has 0 saturated carbocycles. The minimum atomic E-state index is -3.49. The van der Waals surface area contributed by atoms with Crippen LogP contribution in [-0.2, 0) is 16.6 Å². The summed E-state index contributed by atoms with van der Waals surface area (Å²) >= 11 is 0. The molecule has 26 heavy (non-hydrogen) atoms. The Bertz CT molecular complexity index is 858. The van der Waals surface area contributed by atoms with Gasteiger partial charge < -0.3 is 9.80 Å². The van der Waals surface area contributed by atoms with Crippen LogP contribution < -0.4 is 4.90 Å². The molecule has 0 heterocycles. The molecule has 2 aromatic carbocycles. The van der Waals surface area contributed by atoms with Crippen LogP contribution in [0, 0.1) is 0 Å². The minimum Gasteiger partial charge on any atom is -0.378 e. The van der Waals surface area contributed by atoms with Gasteiger partial charge in [-0.2, -0.15) is 0 Å². The van der Waals surface area contributed by atoms with E-state index in [2.05, 4.69) is 0 Å². The Balaban J connectivity index is 2.10. The molecule has 0 bridgehead atoms. The highest BCUT2D eigenvalue weighted by Gasteiger charge is 2.18. The van der Waals surface area contributed by atoms with E-state index in [1.165, 1.54) is 26.2 Å². The molecule has 2 aromatic rings. The first-order valence-corrected chi connectivity index (χ1v) is 9.61. The zero-order chi connectivity index (χ0) is 19.5. The minimum absolute atomic E-state index is 0.157. The van der Waals surface area contributed by atoms with Crippen LogP contribution in [0.5, 0.6) is 0 Å². The monoisotopic (exact) mass is 375 g/mol. The smallest absolute Gasteiger partial charge is 0.253 e. The number of hydrogen-bond donors (Lipinski definition) is 0. The molecule has 0 radical (unpaired) electrons. The Hall–Kier alpha value is -2.38. The summed E-state index contributed by atoms with van der Waals surface area (Å²) in [6.45, 7) is 0.476. The molecule has 0 saturated heterocycles. The molecule has 0 aromatic heterocycles. The van der Waals surface area contributed by atoms with Gasteiger partial charge in [-0.25, -0.2) is 12.7 Å². The zero-order valence-corrected chi connectivity index (χ0v) is 16.6. The number of hydrogen-bond acceptors (Lipinski definition) is 4. The van der Waals surface area contributed by atoms with E-state index in [4.69, 9.17) is 0 Å². The van der Waals surface area contributed by atoms with Gasteiger partial charge in [-0.15, -0.1) is 0 Å². The quantitative estimate of drug-likeness (QED) is 0.777. The van der Waals surface area contributed by atoms with E-state index in [1.54, 1.807) is 24.1 Å². The van der Waals surface area contributed by atoms with Crippen LogP contribution in [0.3, 0.4) is 0 Å². The molecule has 0 unspecified atom stereocenters. The first-order chi connectivity index (χ1) is 12.1. The molecular formula is C19H25N3O3S. The number of anilines is 1. The van der Waals surface area contributed by atoms with Crippen molar-refractivity contribution in [1.29, 1.82) is 0 Å². The van der Waals surface area contributed by atoms with E-state index in [0.717, 1.165) is 15.6 Å². The molecular weight excluding hydrogens is 350 g/mol. The zero-order valence-electron chi connectivity index (χ0n) is 15.8. The Labute approximate surface area is 155 Å². The molecule has 1 amide bonds. The number of benzene rings is 2. The highest BCUT2D eigenvalue weighted by atomic mass is 32.2. The van der Waals surface area contributed by atoms with E-state index in [9.17, 15) is 13.2 Å². The molecule has 0 N–H and O–H groups in total. The number of sulfonamides is 1. The van der Waals surface area contributed by atoms with Crippen molar-refractivity contribution in [1.82, 2.24) is 9.21 Å². The Morgan fingerprint density at radius 3 is 1.85 bits per heavy atom. The van der Waals surface area contributed by atoms with Crippen LogP contribution in [0.25, 0.3) is 0 Å². The fraction of sp³-hybridized carbons (Fsp3) is 0.316. The van der Waals surface area contributed by atoms with Crippen molar-refractivity contribution in [2.24, 2.45) is 0 Å². The molecule has 2 rings (SSSR count). The van der Waals surface area contributed by atoms with Crippen molar-refractivity contribution in [2.75, 3.05) is 40.1 Å². The highest BCUT2D eigenvalue weighted by Crippen LogP contribution is 2.17. The maximum atomic E-state index is 12.6. The van der Waals surface area contributed by atoms with E-state index in [0.29, 0.717) is 12.1 Å². The van der Waals surface area contributed by atoms with Gasteiger partial charge in [0.1, 0.15) is 0 Å². The number of carbonyl (C=O) groups excluding carboxylic acids is 1. The van der Waals surface area contributed by atoms with E-state index in [-0.39, 0.29) is 10.8 Å². The Morgan fingerprint density at radius 1 is 0.846 bits per heavy atom. The molecule has 0 aliphatic rings. The number of carbonyl (C=O) groups is 1. The summed E-state index contributed by atoms with van der Waals surface area (Å²) in [4.78, 5) is 16.4. The van der Waals surface area contributed by atoms with Crippen molar-refractivity contribution >= 4 is 21.6 Å². The summed E-state index contributed by atoms with van der Waals surface area (Å²) in [5, 5.41) is 0. The molecule has 140 valence electrons. The standard InChI is InChI=1S/C19H25N3O3S/c1-20(2)17-10-6-15(7-11-17)14-22(5)19(23)16-8-12-18(13-9-16)26(24,25)21(3)4/h6-13H,14H2,1-5H3. The second-order valence-electron chi connectivity index (χ2n) is 6.53. The van der Waals surface area contributed by atoms with E-state index in [1.807, 2.05) is 43.3 Å². The van der Waals surface area contributed by atoms with Crippen LogP contribution >= 0.6 is 0 Å². The van der Waals surface area contributed by atoms with Crippen molar-refractivity contribution < 1.29 is 13.2 Å². The second kappa shape index (κ2) is 7.88. The largest absolute Gasteiger partial charge is 0.378 e. The Morgan fingerprint density at radius 2 is 1.38 bits per heavy atom. The van der Waals surface area contributed by atoms with Gasteiger partial charge in [0.15, 0.2) is 0 Å². The van der Waals surface area contributed by atoms with Gasteiger partial charge in [-0.05, 0) is 42.0 Å². The van der Waals surface area contributed by atoms with Gasteiger partial charge in [0.05, 0.1) is 4.90 Å².